The molecule has 0 aliphatic carbocycles. The molecule has 1 aromatic heterocycles. The number of rotatable bonds is 6. The molecule has 0 radical (unpaired) electrons. The zero-order valence-electron chi connectivity index (χ0n) is 11.7. The minimum Gasteiger partial charge on any atom is -0.325 e. The first kappa shape index (κ1) is 15.3. The van der Waals surface area contributed by atoms with E-state index in [1.165, 1.54) is 0 Å². The summed E-state index contributed by atoms with van der Waals surface area (Å²) in [5.41, 5.74) is 7.61. The van der Waals surface area contributed by atoms with Gasteiger partial charge in [-0.1, -0.05) is 31.5 Å². The summed E-state index contributed by atoms with van der Waals surface area (Å²) in [5.74, 6) is -0.118. The first-order valence-corrected chi connectivity index (χ1v) is 8.69. The van der Waals surface area contributed by atoms with E-state index in [1.54, 1.807) is 23.1 Å². The van der Waals surface area contributed by atoms with Gasteiger partial charge in [0.25, 0.3) is 0 Å². The normalized spacial score (nSPS) is 12.6. The molecule has 20 heavy (non-hydrogen) atoms. The molecule has 3 N–H and O–H groups in total. The highest BCUT2D eigenvalue weighted by Gasteiger charge is 2.13. The van der Waals surface area contributed by atoms with Gasteiger partial charge >= 0.3 is 0 Å². The minimum absolute atomic E-state index is 0.118. The van der Waals surface area contributed by atoms with Gasteiger partial charge in [-0.3, -0.25) is 4.79 Å². The lowest BCUT2D eigenvalue weighted by Gasteiger charge is -2.11. The average Bonchev–Trinajstić information content (AvgIpc) is 2.86. The van der Waals surface area contributed by atoms with E-state index in [0.717, 1.165) is 39.5 Å². The van der Waals surface area contributed by atoms with Crippen LogP contribution in [0.1, 0.15) is 26.2 Å². The summed E-state index contributed by atoms with van der Waals surface area (Å²) in [6.07, 6.45) is 4.75. The molecule has 1 aromatic carbocycles. The molecule has 1 amide bonds. The summed E-state index contributed by atoms with van der Waals surface area (Å²) in [6, 6.07) is 5.32. The van der Waals surface area contributed by atoms with Gasteiger partial charge in [-0.25, -0.2) is 4.98 Å². The molecule has 1 unspecified atom stereocenters. The number of carbonyl (C=O) groups excluding carboxylic acids is 1. The Bertz CT molecular complexity index is 597. The number of fused-ring (bicyclic) bond motifs is 1. The minimum atomic E-state index is -0.436. The topological polar surface area (TPSA) is 68.0 Å². The van der Waals surface area contributed by atoms with E-state index in [9.17, 15) is 4.79 Å². The van der Waals surface area contributed by atoms with Crippen molar-refractivity contribution in [3.8, 4) is 0 Å². The number of unbranched alkanes of at least 4 members (excludes halogenated alkanes) is 1. The molecule has 2 aromatic rings. The molecule has 1 atom stereocenters. The highest BCUT2D eigenvalue weighted by molar-refractivity contribution is 8.00. The van der Waals surface area contributed by atoms with Crippen LogP contribution in [0.5, 0.6) is 0 Å². The van der Waals surface area contributed by atoms with Crippen LogP contribution in [0, 0.1) is 0 Å². The maximum atomic E-state index is 12.0. The molecule has 4 nitrogen and oxygen atoms in total. The van der Waals surface area contributed by atoms with Gasteiger partial charge < -0.3 is 11.1 Å². The molecular formula is C14H19N3OS2. The lowest BCUT2D eigenvalue weighted by atomic mass is 10.1. The first-order valence-electron chi connectivity index (χ1n) is 6.65. The lowest BCUT2D eigenvalue weighted by Crippen LogP contribution is -2.35. The quantitative estimate of drug-likeness (QED) is 0.802. The molecule has 0 aliphatic rings. The van der Waals surface area contributed by atoms with E-state index in [-0.39, 0.29) is 5.91 Å². The van der Waals surface area contributed by atoms with Crippen molar-refractivity contribution < 1.29 is 4.79 Å². The number of carbonyl (C=O) groups is 1. The van der Waals surface area contributed by atoms with Gasteiger partial charge in [0.2, 0.25) is 5.91 Å². The Balaban J connectivity index is 2.07. The number of nitrogens with one attached hydrogen (secondary N) is 1. The van der Waals surface area contributed by atoms with Crippen molar-refractivity contribution in [1.82, 2.24) is 4.98 Å². The Morgan fingerprint density at radius 3 is 3.05 bits per heavy atom. The Morgan fingerprint density at radius 1 is 1.55 bits per heavy atom. The van der Waals surface area contributed by atoms with E-state index in [4.69, 9.17) is 5.73 Å². The third kappa shape index (κ3) is 3.71. The second-order valence-electron chi connectivity index (χ2n) is 4.60. The van der Waals surface area contributed by atoms with Gasteiger partial charge in [0.15, 0.2) is 4.34 Å². The molecule has 0 fully saturated rings. The second kappa shape index (κ2) is 7.06. The highest BCUT2D eigenvalue weighted by Crippen LogP contribution is 2.29. The summed E-state index contributed by atoms with van der Waals surface area (Å²) in [6.45, 7) is 2.09. The summed E-state index contributed by atoms with van der Waals surface area (Å²) < 4.78 is 2.11. The summed E-state index contributed by atoms with van der Waals surface area (Å²) in [4.78, 5) is 16.4. The Morgan fingerprint density at radius 2 is 2.35 bits per heavy atom. The summed E-state index contributed by atoms with van der Waals surface area (Å²) in [7, 11) is 0. The standard InChI is InChI=1S/C14H19N3OS2/c1-3-4-5-10(15)13(18)16-9-6-7-11-12(8-9)20-14(17-11)19-2/h6-8,10H,3-5,15H2,1-2H3,(H,16,18). The van der Waals surface area contributed by atoms with Crippen LogP contribution in [0.4, 0.5) is 5.69 Å². The molecule has 108 valence electrons. The highest BCUT2D eigenvalue weighted by atomic mass is 32.2. The van der Waals surface area contributed by atoms with Crippen LogP contribution in [0.3, 0.4) is 0 Å². The monoisotopic (exact) mass is 309 g/mol. The van der Waals surface area contributed by atoms with Gasteiger partial charge in [-0.2, -0.15) is 0 Å². The predicted molar refractivity (Wildman–Crippen MR) is 87.5 cm³/mol. The fraction of sp³-hybridized carbons (Fsp3) is 0.429. The van der Waals surface area contributed by atoms with Crippen molar-refractivity contribution >= 4 is 44.9 Å². The number of nitrogens with two attached hydrogens (primary N) is 1. The SMILES string of the molecule is CCCCC(N)C(=O)Nc1ccc2nc(SC)sc2c1. The third-order valence-corrected chi connectivity index (χ3v) is 5.02. The zero-order chi connectivity index (χ0) is 14.5. The molecule has 6 heteroatoms. The van der Waals surface area contributed by atoms with Crippen LogP contribution >= 0.6 is 23.1 Å². The van der Waals surface area contributed by atoms with E-state index in [0.29, 0.717) is 0 Å². The molecule has 1 heterocycles. The van der Waals surface area contributed by atoms with E-state index >= 15 is 0 Å². The smallest absolute Gasteiger partial charge is 0.241 e. The van der Waals surface area contributed by atoms with Crippen molar-refractivity contribution in [2.24, 2.45) is 5.73 Å². The van der Waals surface area contributed by atoms with Crippen molar-refractivity contribution in [2.75, 3.05) is 11.6 Å². The molecule has 0 saturated carbocycles. The van der Waals surface area contributed by atoms with E-state index in [1.807, 2.05) is 24.5 Å². The third-order valence-electron chi connectivity index (χ3n) is 3.02. The van der Waals surface area contributed by atoms with Gasteiger partial charge in [0.1, 0.15) is 0 Å². The molecule has 0 bridgehead atoms. The molecular weight excluding hydrogens is 290 g/mol. The predicted octanol–water partition coefficient (Wildman–Crippen LogP) is 3.47. The van der Waals surface area contributed by atoms with Crippen LogP contribution in [0.15, 0.2) is 22.5 Å². The van der Waals surface area contributed by atoms with Gasteiger partial charge in [0.05, 0.1) is 16.3 Å². The van der Waals surface area contributed by atoms with Crippen molar-refractivity contribution in [2.45, 2.75) is 36.6 Å². The van der Waals surface area contributed by atoms with Crippen molar-refractivity contribution in [3.05, 3.63) is 18.2 Å². The maximum Gasteiger partial charge on any atom is 0.241 e. The van der Waals surface area contributed by atoms with Crippen molar-refractivity contribution in [1.29, 1.82) is 0 Å². The van der Waals surface area contributed by atoms with Gasteiger partial charge in [0, 0.05) is 5.69 Å². The molecule has 0 saturated heterocycles. The Hall–Kier alpha value is -1.11. The number of amides is 1. The number of thioether (sulfide) groups is 1. The molecule has 2 rings (SSSR count). The second-order valence-corrected chi connectivity index (χ2v) is 6.69. The average molecular weight is 309 g/mol. The number of aromatic nitrogens is 1. The number of anilines is 1. The number of benzene rings is 1. The summed E-state index contributed by atoms with van der Waals surface area (Å²) in [5, 5.41) is 2.88. The number of hydrogen-bond acceptors (Lipinski definition) is 5. The number of thiazole rings is 1. The zero-order valence-corrected chi connectivity index (χ0v) is 13.3. The fourth-order valence-corrected chi connectivity index (χ4v) is 3.39. The maximum absolute atomic E-state index is 12.0. The largest absolute Gasteiger partial charge is 0.325 e. The van der Waals surface area contributed by atoms with Crippen LogP contribution in [-0.2, 0) is 4.79 Å². The molecule has 0 spiro atoms. The first-order chi connectivity index (χ1) is 9.63. The summed E-state index contributed by atoms with van der Waals surface area (Å²) >= 11 is 3.26. The fourth-order valence-electron chi connectivity index (χ4n) is 1.86. The Labute approximate surface area is 127 Å². The van der Waals surface area contributed by atoms with Gasteiger partial charge in [-0.15, -0.1) is 11.3 Å². The van der Waals surface area contributed by atoms with E-state index in [2.05, 4.69) is 17.2 Å². The van der Waals surface area contributed by atoms with E-state index < -0.39 is 6.04 Å². The van der Waals surface area contributed by atoms with Gasteiger partial charge in [-0.05, 0) is 30.9 Å². The van der Waals surface area contributed by atoms with Crippen molar-refractivity contribution in [3.63, 3.8) is 0 Å². The number of hydrogen-bond donors (Lipinski definition) is 2. The van der Waals surface area contributed by atoms with Crippen LogP contribution in [-0.4, -0.2) is 23.2 Å². The van der Waals surface area contributed by atoms with Crippen LogP contribution < -0.4 is 11.1 Å². The Kier molecular flexibility index (Phi) is 5.39. The van der Waals surface area contributed by atoms with Crippen LogP contribution in [0.25, 0.3) is 10.2 Å². The van der Waals surface area contributed by atoms with Crippen LogP contribution in [0.2, 0.25) is 0 Å². The lowest BCUT2D eigenvalue weighted by molar-refractivity contribution is -0.117. The molecule has 0 aliphatic heterocycles. The number of nitrogens with zero attached hydrogens (tertiary/aromatic N) is 1.